The second kappa shape index (κ2) is 4.98. The van der Waals surface area contributed by atoms with Crippen molar-refractivity contribution in [3.63, 3.8) is 0 Å². The van der Waals surface area contributed by atoms with Crippen LogP contribution in [-0.2, 0) is 6.54 Å². The van der Waals surface area contributed by atoms with E-state index < -0.39 is 0 Å². The highest BCUT2D eigenvalue weighted by Gasteiger charge is 2.38. The fourth-order valence-corrected chi connectivity index (χ4v) is 2.14. The third-order valence-electron chi connectivity index (χ3n) is 3.45. The average molecular weight is 247 g/mol. The van der Waals surface area contributed by atoms with Crippen LogP contribution in [0.3, 0.4) is 0 Å². The summed E-state index contributed by atoms with van der Waals surface area (Å²) in [5.74, 6) is 0.610. The van der Waals surface area contributed by atoms with Gasteiger partial charge >= 0.3 is 6.03 Å². The molecule has 1 saturated carbocycles. The standard InChI is InChI=1S/C14H21N3O/c1-14(2,11-6-7-11)17-13(18)16-12-5-3-4-10(8-12)9-15/h3-5,8,11H,6-7,9,15H2,1-2H3,(H2,16,17,18). The lowest BCUT2D eigenvalue weighted by atomic mass is 9.99. The van der Waals surface area contributed by atoms with Gasteiger partial charge in [-0.3, -0.25) is 0 Å². The first-order valence-electron chi connectivity index (χ1n) is 6.39. The van der Waals surface area contributed by atoms with Gasteiger partial charge in [-0.25, -0.2) is 4.79 Å². The Balaban J connectivity index is 1.94. The third kappa shape index (κ3) is 3.23. The molecule has 2 amide bonds. The topological polar surface area (TPSA) is 67.2 Å². The van der Waals surface area contributed by atoms with Crippen LogP contribution in [0.1, 0.15) is 32.3 Å². The highest BCUT2D eigenvalue weighted by Crippen LogP contribution is 2.39. The van der Waals surface area contributed by atoms with Crippen LogP contribution in [0.2, 0.25) is 0 Å². The van der Waals surface area contributed by atoms with Crippen LogP contribution in [0.5, 0.6) is 0 Å². The van der Waals surface area contributed by atoms with E-state index in [-0.39, 0.29) is 11.6 Å². The smallest absolute Gasteiger partial charge is 0.319 e. The zero-order valence-electron chi connectivity index (χ0n) is 11.0. The molecular weight excluding hydrogens is 226 g/mol. The molecule has 0 unspecified atom stereocenters. The number of rotatable bonds is 4. The molecule has 0 bridgehead atoms. The summed E-state index contributed by atoms with van der Waals surface area (Å²) in [6, 6.07) is 7.44. The summed E-state index contributed by atoms with van der Waals surface area (Å²) >= 11 is 0. The van der Waals surface area contributed by atoms with Crippen LogP contribution in [0.25, 0.3) is 0 Å². The second-order valence-corrected chi connectivity index (χ2v) is 5.48. The van der Waals surface area contributed by atoms with Gasteiger partial charge < -0.3 is 16.4 Å². The number of carbonyl (C=O) groups is 1. The molecule has 4 N–H and O–H groups in total. The van der Waals surface area contributed by atoms with Crippen LogP contribution in [0.15, 0.2) is 24.3 Å². The molecule has 0 atom stereocenters. The lowest BCUT2D eigenvalue weighted by molar-refractivity contribution is 0.237. The number of hydrogen-bond donors (Lipinski definition) is 3. The lowest BCUT2D eigenvalue weighted by Crippen LogP contribution is -2.47. The second-order valence-electron chi connectivity index (χ2n) is 5.48. The van der Waals surface area contributed by atoms with E-state index >= 15 is 0 Å². The van der Waals surface area contributed by atoms with Crippen molar-refractivity contribution in [1.29, 1.82) is 0 Å². The fourth-order valence-electron chi connectivity index (χ4n) is 2.14. The van der Waals surface area contributed by atoms with Gasteiger partial charge in [0.25, 0.3) is 0 Å². The highest BCUT2D eigenvalue weighted by atomic mass is 16.2. The Morgan fingerprint density at radius 3 is 2.78 bits per heavy atom. The zero-order chi connectivity index (χ0) is 13.2. The van der Waals surface area contributed by atoms with E-state index in [4.69, 9.17) is 5.73 Å². The summed E-state index contributed by atoms with van der Waals surface area (Å²) in [4.78, 5) is 11.9. The highest BCUT2D eigenvalue weighted by molar-refractivity contribution is 5.89. The van der Waals surface area contributed by atoms with Gasteiger partial charge in [-0.1, -0.05) is 12.1 Å². The first-order valence-corrected chi connectivity index (χ1v) is 6.39. The molecule has 4 nitrogen and oxygen atoms in total. The maximum absolute atomic E-state index is 11.9. The molecule has 98 valence electrons. The molecule has 1 aliphatic rings. The molecule has 4 heteroatoms. The number of nitrogens with two attached hydrogens (primary N) is 1. The summed E-state index contributed by atoms with van der Waals surface area (Å²) < 4.78 is 0. The van der Waals surface area contributed by atoms with Crippen LogP contribution >= 0.6 is 0 Å². The largest absolute Gasteiger partial charge is 0.333 e. The first kappa shape index (κ1) is 12.9. The molecule has 0 radical (unpaired) electrons. The van der Waals surface area contributed by atoms with Gasteiger partial charge in [-0.15, -0.1) is 0 Å². The average Bonchev–Trinajstić information content (AvgIpc) is 3.12. The lowest BCUT2D eigenvalue weighted by Gasteiger charge is -2.26. The molecular formula is C14H21N3O. The number of nitrogens with one attached hydrogen (secondary N) is 2. The minimum absolute atomic E-state index is 0.129. The number of amides is 2. The minimum atomic E-state index is -0.152. The van der Waals surface area contributed by atoms with Crippen LogP contribution in [0, 0.1) is 5.92 Å². The molecule has 0 spiro atoms. The number of carbonyl (C=O) groups excluding carboxylic acids is 1. The van der Waals surface area contributed by atoms with Gasteiger partial charge in [0.15, 0.2) is 0 Å². The zero-order valence-corrected chi connectivity index (χ0v) is 11.0. The van der Waals surface area contributed by atoms with E-state index in [0.29, 0.717) is 12.5 Å². The van der Waals surface area contributed by atoms with Crippen LogP contribution in [0.4, 0.5) is 10.5 Å². The number of urea groups is 1. The SMILES string of the molecule is CC(C)(NC(=O)Nc1cccc(CN)c1)C1CC1. The Morgan fingerprint density at radius 1 is 1.44 bits per heavy atom. The van der Waals surface area contributed by atoms with Gasteiger partial charge in [0.2, 0.25) is 0 Å². The molecule has 1 aromatic rings. The van der Waals surface area contributed by atoms with Crippen molar-refractivity contribution in [3.8, 4) is 0 Å². The third-order valence-corrected chi connectivity index (χ3v) is 3.45. The normalized spacial score (nSPS) is 15.3. The molecule has 0 aliphatic heterocycles. The van der Waals surface area contributed by atoms with Crippen molar-refractivity contribution in [1.82, 2.24) is 5.32 Å². The van der Waals surface area contributed by atoms with Crippen molar-refractivity contribution >= 4 is 11.7 Å². The number of hydrogen-bond acceptors (Lipinski definition) is 2. The summed E-state index contributed by atoms with van der Waals surface area (Å²) in [6.45, 7) is 4.62. The Labute approximate surface area is 108 Å². The fraction of sp³-hybridized carbons (Fsp3) is 0.500. The maximum atomic E-state index is 11.9. The molecule has 1 aromatic carbocycles. The minimum Gasteiger partial charge on any atom is -0.333 e. The monoisotopic (exact) mass is 247 g/mol. The maximum Gasteiger partial charge on any atom is 0.319 e. The van der Waals surface area contributed by atoms with Crippen molar-refractivity contribution in [2.24, 2.45) is 11.7 Å². The summed E-state index contributed by atoms with van der Waals surface area (Å²) in [7, 11) is 0. The van der Waals surface area contributed by atoms with Gasteiger partial charge in [0.05, 0.1) is 0 Å². The Hall–Kier alpha value is -1.55. The number of benzene rings is 1. The van der Waals surface area contributed by atoms with Gasteiger partial charge in [0, 0.05) is 17.8 Å². The van der Waals surface area contributed by atoms with Crippen LogP contribution in [-0.4, -0.2) is 11.6 Å². The molecule has 2 rings (SSSR count). The van der Waals surface area contributed by atoms with E-state index in [9.17, 15) is 4.79 Å². The Morgan fingerprint density at radius 2 is 2.17 bits per heavy atom. The van der Waals surface area contributed by atoms with E-state index in [1.165, 1.54) is 12.8 Å². The summed E-state index contributed by atoms with van der Waals surface area (Å²) in [5, 5.41) is 5.87. The quantitative estimate of drug-likeness (QED) is 0.765. The molecule has 1 fully saturated rings. The van der Waals surface area contributed by atoms with E-state index in [2.05, 4.69) is 24.5 Å². The van der Waals surface area contributed by atoms with E-state index in [0.717, 1.165) is 11.3 Å². The molecule has 18 heavy (non-hydrogen) atoms. The van der Waals surface area contributed by atoms with Gasteiger partial charge in [-0.2, -0.15) is 0 Å². The van der Waals surface area contributed by atoms with Crippen molar-refractivity contribution in [2.45, 2.75) is 38.8 Å². The Bertz CT molecular complexity index is 438. The predicted molar refractivity (Wildman–Crippen MR) is 73.3 cm³/mol. The summed E-state index contributed by atoms with van der Waals surface area (Å²) in [6.07, 6.45) is 2.41. The molecule has 1 aliphatic carbocycles. The van der Waals surface area contributed by atoms with Crippen molar-refractivity contribution in [3.05, 3.63) is 29.8 Å². The molecule has 0 saturated heterocycles. The molecule has 0 heterocycles. The van der Waals surface area contributed by atoms with Crippen molar-refractivity contribution in [2.75, 3.05) is 5.32 Å². The number of anilines is 1. The predicted octanol–water partition coefficient (Wildman–Crippen LogP) is 2.46. The molecule has 0 aromatic heterocycles. The van der Waals surface area contributed by atoms with Crippen molar-refractivity contribution < 1.29 is 4.79 Å². The summed E-state index contributed by atoms with van der Waals surface area (Å²) in [5.41, 5.74) is 7.23. The van der Waals surface area contributed by atoms with E-state index in [1.807, 2.05) is 24.3 Å². The van der Waals surface area contributed by atoms with Gasteiger partial charge in [0.1, 0.15) is 0 Å². The van der Waals surface area contributed by atoms with Crippen LogP contribution < -0.4 is 16.4 Å². The van der Waals surface area contributed by atoms with Gasteiger partial charge in [-0.05, 0) is 50.3 Å². The first-order chi connectivity index (χ1) is 8.51. The Kier molecular flexibility index (Phi) is 3.57. The van der Waals surface area contributed by atoms with E-state index in [1.54, 1.807) is 0 Å².